The average Bonchev–Trinajstić information content (AvgIpc) is 2.24. The van der Waals surface area contributed by atoms with Gasteiger partial charge in [0.15, 0.2) is 5.78 Å². The molecule has 1 aromatic rings. The minimum absolute atomic E-state index is 0.0123. The molecular formula is C17H24F2O2. The predicted molar refractivity (Wildman–Crippen MR) is 78.9 cm³/mol. The maximum Gasteiger partial charge on any atom is 0.162 e. The second kappa shape index (κ2) is 7.12. The Balaban J connectivity index is 2.73. The Bertz CT molecular complexity index is 470. The molecule has 0 heterocycles. The number of hydrogen-bond acceptors (Lipinski definition) is 2. The molecule has 1 aromatic carbocycles. The monoisotopic (exact) mass is 298 g/mol. The number of ketones is 1. The SMILES string of the molecule is CC(C)C(OCc1cc(F)cc(F)c1)C(=O)CC(C)(C)C. The van der Waals surface area contributed by atoms with Crippen molar-refractivity contribution >= 4 is 5.78 Å². The molecule has 0 radical (unpaired) electrons. The van der Waals surface area contributed by atoms with Crippen molar-refractivity contribution in [2.75, 3.05) is 0 Å². The molecule has 1 atom stereocenters. The van der Waals surface area contributed by atoms with E-state index in [9.17, 15) is 13.6 Å². The van der Waals surface area contributed by atoms with Crippen LogP contribution in [0.15, 0.2) is 18.2 Å². The van der Waals surface area contributed by atoms with E-state index in [4.69, 9.17) is 4.74 Å². The Morgan fingerprint density at radius 3 is 2.10 bits per heavy atom. The zero-order valence-corrected chi connectivity index (χ0v) is 13.4. The summed E-state index contributed by atoms with van der Waals surface area (Å²) < 4.78 is 31.9. The lowest BCUT2D eigenvalue weighted by atomic mass is 9.86. The second-order valence-electron chi connectivity index (χ2n) is 6.96. The molecule has 0 fully saturated rings. The zero-order chi connectivity index (χ0) is 16.2. The van der Waals surface area contributed by atoms with E-state index in [1.807, 2.05) is 34.6 Å². The Labute approximate surface area is 125 Å². The second-order valence-corrected chi connectivity index (χ2v) is 6.96. The summed E-state index contributed by atoms with van der Waals surface area (Å²) >= 11 is 0. The largest absolute Gasteiger partial charge is 0.365 e. The van der Waals surface area contributed by atoms with Crippen molar-refractivity contribution in [2.24, 2.45) is 11.3 Å². The quantitative estimate of drug-likeness (QED) is 0.772. The summed E-state index contributed by atoms with van der Waals surface area (Å²) in [5.41, 5.74) is 0.278. The highest BCUT2D eigenvalue weighted by Crippen LogP contribution is 2.23. The smallest absolute Gasteiger partial charge is 0.162 e. The lowest BCUT2D eigenvalue weighted by Crippen LogP contribution is -2.32. The van der Waals surface area contributed by atoms with E-state index < -0.39 is 17.7 Å². The fourth-order valence-electron chi connectivity index (χ4n) is 2.16. The van der Waals surface area contributed by atoms with Crippen molar-refractivity contribution < 1.29 is 18.3 Å². The van der Waals surface area contributed by atoms with E-state index in [1.54, 1.807) is 0 Å². The van der Waals surface area contributed by atoms with Gasteiger partial charge in [0, 0.05) is 12.5 Å². The van der Waals surface area contributed by atoms with E-state index in [0.29, 0.717) is 12.0 Å². The molecule has 0 bridgehead atoms. The van der Waals surface area contributed by atoms with E-state index in [1.165, 1.54) is 12.1 Å². The molecule has 21 heavy (non-hydrogen) atoms. The first-order chi connectivity index (χ1) is 9.58. The Morgan fingerprint density at radius 1 is 1.14 bits per heavy atom. The third-order valence-corrected chi connectivity index (χ3v) is 2.98. The summed E-state index contributed by atoms with van der Waals surface area (Å²) in [7, 11) is 0. The minimum Gasteiger partial charge on any atom is -0.365 e. The van der Waals surface area contributed by atoms with Crippen LogP contribution in [-0.2, 0) is 16.1 Å². The van der Waals surface area contributed by atoms with Crippen LogP contribution in [0.4, 0.5) is 8.78 Å². The van der Waals surface area contributed by atoms with Gasteiger partial charge in [-0.1, -0.05) is 34.6 Å². The van der Waals surface area contributed by atoms with Crippen LogP contribution in [0.2, 0.25) is 0 Å². The molecule has 0 aliphatic rings. The maximum absolute atomic E-state index is 13.1. The number of hydrogen-bond donors (Lipinski definition) is 0. The average molecular weight is 298 g/mol. The van der Waals surface area contributed by atoms with Crippen LogP contribution in [0.1, 0.15) is 46.6 Å². The molecule has 1 unspecified atom stereocenters. The van der Waals surface area contributed by atoms with Crippen molar-refractivity contribution in [3.8, 4) is 0 Å². The normalized spacial score (nSPS) is 13.5. The Kier molecular flexibility index (Phi) is 6.02. The third kappa shape index (κ3) is 6.34. The van der Waals surface area contributed by atoms with Crippen LogP contribution in [0.5, 0.6) is 0 Å². The summed E-state index contributed by atoms with van der Waals surface area (Å²) in [5.74, 6) is -1.25. The van der Waals surface area contributed by atoms with Crippen LogP contribution in [0.25, 0.3) is 0 Å². The molecule has 0 aliphatic carbocycles. The van der Waals surface area contributed by atoms with Crippen molar-refractivity contribution in [2.45, 2.75) is 53.8 Å². The molecule has 0 saturated carbocycles. The summed E-state index contributed by atoms with van der Waals surface area (Å²) in [6.07, 6.45) is -0.150. The molecule has 118 valence electrons. The van der Waals surface area contributed by atoms with Gasteiger partial charge in [0.25, 0.3) is 0 Å². The van der Waals surface area contributed by atoms with Crippen LogP contribution in [0.3, 0.4) is 0 Å². The van der Waals surface area contributed by atoms with E-state index in [0.717, 1.165) is 6.07 Å². The van der Waals surface area contributed by atoms with Gasteiger partial charge in [0.2, 0.25) is 0 Å². The first-order valence-electron chi connectivity index (χ1n) is 7.18. The van der Waals surface area contributed by atoms with Gasteiger partial charge in [0.1, 0.15) is 17.7 Å². The lowest BCUT2D eigenvalue weighted by molar-refractivity contribution is -0.136. The van der Waals surface area contributed by atoms with E-state index in [-0.39, 0.29) is 23.7 Å². The topological polar surface area (TPSA) is 26.3 Å². The number of carbonyl (C=O) groups excluding carboxylic acids is 1. The zero-order valence-electron chi connectivity index (χ0n) is 13.4. The van der Waals surface area contributed by atoms with Crippen LogP contribution in [0, 0.1) is 23.0 Å². The third-order valence-electron chi connectivity index (χ3n) is 2.98. The van der Waals surface area contributed by atoms with Gasteiger partial charge in [-0.25, -0.2) is 8.78 Å². The maximum atomic E-state index is 13.1. The molecule has 0 aliphatic heterocycles. The molecule has 0 amide bonds. The van der Waals surface area contributed by atoms with Gasteiger partial charge in [-0.2, -0.15) is 0 Å². The van der Waals surface area contributed by atoms with Crippen molar-refractivity contribution in [3.05, 3.63) is 35.4 Å². The number of carbonyl (C=O) groups is 1. The van der Waals surface area contributed by atoms with Gasteiger partial charge < -0.3 is 4.74 Å². The first-order valence-corrected chi connectivity index (χ1v) is 7.18. The predicted octanol–water partition coefficient (Wildman–Crippen LogP) is 4.51. The summed E-state index contributed by atoms with van der Waals surface area (Å²) in [4.78, 5) is 12.3. The van der Waals surface area contributed by atoms with E-state index >= 15 is 0 Å². The molecule has 0 spiro atoms. The fraction of sp³-hybridized carbons (Fsp3) is 0.588. The molecule has 0 N–H and O–H groups in total. The minimum atomic E-state index is -0.643. The highest BCUT2D eigenvalue weighted by molar-refractivity contribution is 5.83. The number of ether oxygens (including phenoxy) is 1. The molecular weight excluding hydrogens is 274 g/mol. The van der Waals surface area contributed by atoms with Gasteiger partial charge in [0.05, 0.1) is 6.61 Å². The Morgan fingerprint density at radius 2 is 1.67 bits per heavy atom. The van der Waals surface area contributed by atoms with Gasteiger partial charge in [-0.05, 0) is 29.0 Å². The summed E-state index contributed by atoms with van der Waals surface area (Å²) in [5, 5.41) is 0. The first kappa shape index (κ1) is 17.8. The lowest BCUT2D eigenvalue weighted by Gasteiger charge is -2.25. The highest BCUT2D eigenvalue weighted by atomic mass is 19.1. The van der Waals surface area contributed by atoms with E-state index in [2.05, 4.69) is 0 Å². The van der Waals surface area contributed by atoms with Crippen molar-refractivity contribution in [1.82, 2.24) is 0 Å². The molecule has 1 rings (SSSR count). The number of benzene rings is 1. The highest BCUT2D eigenvalue weighted by Gasteiger charge is 2.27. The van der Waals surface area contributed by atoms with Crippen molar-refractivity contribution in [3.63, 3.8) is 0 Å². The fourth-order valence-corrected chi connectivity index (χ4v) is 2.16. The molecule has 2 nitrogen and oxygen atoms in total. The van der Waals surface area contributed by atoms with Crippen LogP contribution in [-0.4, -0.2) is 11.9 Å². The standard InChI is InChI=1S/C17H24F2O2/c1-11(2)16(15(20)9-17(3,4)5)21-10-12-6-13(18)8-14(19)7-12/h6-8,11,16H,9-10H2,1-5H3. The number of Topliss-reactive ketones (excluding diaryl/α,β-unsaturated/α-hetero) is 1. The molecule has 0 saturated heterocycles. The molecule has 0 aromatic heterocycles. The van der Waals surface area contributed by atoms with Crippen molar-refractivity contribution in [1.29, 1.82) is 0 Å². The summed E-state index contributed by atoms with van der Waals surface area (Å²) in [6, 6.07) is 3.25. The number of rotatable bonds is 6. The molecule has 4 heteroatoms. The van der Waals surface area contributed by atoms with Gasteiger partial charge >= 0.3 is 0 Å². The van der Waals surface area contributed by atoms with Crippen LogP contribution >= 0.6 is 0 Å². The van der Waals surface area contributed by atoms with Crippen LogP contribution < -0.4 is 0 Å². The number of halogens is 2. The van der Waals surface area contributed by atoms with Gasteiger partial charge in [-0.15, -0.1) is 0 Å². The summed E-state index contributed by atoms with van der Waals surface area (Å²) in [6.45, 7) is 9.79. The van der Waals surface area contributed by atoms with Gasteiger partial charge in [-0.3, -0.25) is 4.79 Å². The Hall–Kier alpha value is -1.29.